The number of halogens is 2. The highest BCUT2D eigenvalue weighted by atomic mass is 19.1. The molecular weight excluding hydrogens is 422 g/mol. The molecule has 0 amide bonds. The molecule has 0 spiro atoms. The average Bonchev–Trinajstić information content (AvgIpc) is 3.12. The Balaban J connectivity index is 1.81. The minimum atomic E-state index is -0.826. The first-order valence-electron chi connectivity index (χ1n) is 9.42. The van der Waals surface area contributed by atoms with Gasteiger partial charge in [-0.25, -0.2) is 28.4 Å². The third-order valence-corrected chi connectivity index (χ3v) is 4.70. The second-order valence-corrected chi connectivity index (χ2v) is 6.76. The van der Waals surface area contributed by atoms with E-state index in [2.05, 4.69) is 25.4 Å². The largest absolute Gasteiger partial charge is 0.382 e. The number of hydrogen-bond donors (Lipinski definition) is 3. The number of benzene rings is 1. The third-order valence-electron chi connectivity index (χ3n) is 4.70. The number of aromatic nitrogens is 5. The first kappa shape index (κ1) is 21.3. The van der Waals surface area contributed by atoms with Crippen LogP contribution in [0.15, 0.2) is 36.5 Å². The molecule has 3 aromatic heterocycles. The molecule has 4 aromatic rings. The van der Waals surface area contributed by atoms with Crippen molar-refractivity contribution < 1.29 is 18.3 Å². The Hall–Kier alpha value is -3.90. The molecule has 10 nitrogen and oxygen atoms in total. The lowest BCUT2D eigenvalue weighted by molar-refractivity contribution is -0.0807. The molecule has 3 heterocycles. The van der Waals surface area contributed by atoms with Crippen molar-refractivity contribution in [2.75, 3.05) is 31.0 Å². The van der Waals surface area contributed by atoms with Crippen molar-refractivity contribution >= 4 is 28.4 Å². The number of nitrogen functional groups attached to an aromatic ring is 2. The van der Waals surface area contributed by atoms with Gasteiger partial charge in [-0.15, -0.1) is 0 Å². The van der Waals surface area contributed by atoms with E-state index in [0.717, 1.165) is 6.20 Å². The summed E-state index contributed by atoms with van der Waals surface area (Å²) in [5.74, 6) is -0.903. The zero-order chi connectivity index (χ0) is 22.8. The van der Waals surface area contributed by atoms with Crippen LogP contribution in [0.25, 0.3) is 22.6 Å². The fourth-order valence-electron chi connectivity index (χ4n) is 3.18. The molecule has 0 fully saturated rings. The van der Waals surface area contributed by atoms with E-state index in [9.17, 15) is 8.78 Å². The fraction of sp³-hybridized carbons (Fsp3) is 0.200. The van der Waals surface area contributed by atoms with Crippen LogP contribution in [0.2, 0.25) is 0 Å². The Morgan fingerprint density at radius 1 is 1.09 bits per heavy atom. The monoisotopic (exact) mass is 442 g/mol. The summed E-state index contributed by atoms with van der Waals surface area (Å²) in [5, 5.41) is 7.61. The van der Waals surface area contributed by atoms with Gasteiger partial charge < -0.3 is 26.3 Å². The number of nitrogens with two attached hydrogens (primary N) is 2. The molecular formula is C20H20F2N8O2. The Bertz CT molecular complexity index is 1250. The molecule has 0 aliphatic carbocycles. The molecule has 5 N–H and O–H groups in total. The molecule has 0 saturated carbocycles. The summed E-state index contributed by atoms with van der Waals surface area (Å²) in [4.78, 5) is 12.6. The SMILES string of the molecule is COC(Nc1c(N)nc(-c2nn(Cc3ccccc3F)c3ncc(F)cc23)nc1N)OC. The number of hydrogen-bond acceptors (Lipinski definition) is 9. The van der Waals surface area contributed by atoms with E-state index in [0.29, 0.717) is 16.6 Å². The Kier molecular flexibility index (Phi) is 5.79. The standard InChI is InChI=1S/C20H20F2N8O2/c1-31-20(32-2)26-15-16(23)27-18(28-17(15)24)14-12-7-11(21)8-25-19(12)30(29-14)9-10-5-3-4-6-13(10)22/h3-8,20,26H,9H2,1-2H3,(H4,23,24,27,28). The van der Waals surface area contributed by atoms with Crippen molar-refractivity contribution in [3.8, 4) is 11.5 Å². The molecule has 0 aliphatic rings. The normalized spacial score (nSPS) is 11.4. The summed E-state index contributed by atoms with van der Waals surface area (Å²) in [6.07, 6.45) is 0.228. The number of pyridine rings is 1. The van der Waals surface area contributed by atoms with Crippen molar-refractivity contribution in [3.63, 3.8) is 0 Å². The van der Waals surface area contributed by atoms with Crippen LogP contribution in [0.3, 0.4) is 0 Å². The number of nitrogens with zero attached hydrogens (tertiary/aromatic N) is 5. The average molecular weight is 442 g/mol. The van der Waals surface area contributed by atoms with Crippen LogP contribution < -0.4 is 16.8 Å². The van der Waals surface area contributed by atoms with E-state index < -0.39 is 18.0 Å². The van der Waals surface area contributed by atoms with Gasteiger partial charge in [0.1, 0.15) is 23.0 Å². The molecule has 0 atom stereocenters. The lowest BCUT2D eigenvalue weighted by Crippen LogP contribution is -2.25. The van der Waals surface area contributed by atoms with Crippen LogP contribution in [0, 0.1) is 11.6 Å². The summed E-state index contributed by atoms with van der Waals surface area (Å²) in [6.45, 7) is 0.0652. The minimum Gasteiger partial charge on any atom is -0.382 e. The van der Waals surface area contributed by atoms with Crippen LogP contribution in [0.5, 0.6) is 0 Å². The van der Waals surface area contributed by atoms with Gasteiger partial charge in [-0.1, -0.05) is 18.2 Å². The second kappa shape index (κ2) is 8.69. The van der Waals surface area contributed by atoms with Crippen molar-refractivity contribution in [2.45, 2.75) is 13.0 Å². The molecule has 0 bridgehead atoms. The Morgan fingerprint density at radius 3 is 2.44 bits per heavy atom. The third kappa shape index (κ3) is 4.00. The van der Waals surface area contributed by atoms with Crippen molar-refractivity contribution in [3.05, 3.63) is 53.7 Å². The predicted octanol–water partition coefficient (Wildman–Crippen LogP) is 2.37. The Labute approximate surface area is 181 Å². The smallest absolute Gasteiger partial charge is 0.237 e. The fourth-order valence-corrected chi connectivity index (χ4v) is 3.18. The molecule has 0 saturated heterocycles. The summed E-state index contributed by atoms with van der Waals surface area (Å²) in [7, 11) is 2.86. The molecule has 0 radical (unpaired) electrons. The van der Waals surface area contributed by atoms with Crippen LogP contribution in [0.1, 0.15) is 5.56 Å². The highest BCUT2D eigenvalue weighted by Crippen LogP contribution is 2.31. The van der Waals surface area contributed by atoms with Gasteiger partial charge in [0.15, 0.2) is 23.1 Å². The maximum Gasteiger partial charge on any atom is 0.237 e. The van der Waals surface area contributed by atoms with Crippen LogP contribution in [-0.2, 0) is 16.0 Å². The van der Waals surface area contributed by atoms with E-state index in [-0.39, 0.29) is 35.4 Å². The van der Waals surface area contributed by atoms with E-state index in [1.807, 2.05) is 0 Å². The van der Waals surface area contributed by atoms with Crippen molar-refractivity contribution in [2.24, 2.45) is 0 Å². The summed E-state index contributed by atoms with van der Waals surface area (Å²) >= 11 is 0. The topological polar surface area (TPSA) is 139 Å². The summed E-state index contributed by atoms with van der Waals surface area (Å²) in [5.41, 5.74) is 13.2. The molecule has 12 heteroatoms. The van der Waals surface area contributed by atoms with E-state index in [1.54, 1.807) is 18.2 Å². The second-order valence-electron chi connectivity index (χ2n) is 6.76. The molecule has 0 unspecified atom stereocenters. The van der Waals surface area contributed by atoms with Crippen molar-refractivity contribution in [1.29, 1.82) is 0 Å². The van der Waals surface area contributed by atoms with Gasteiger partial charge in [0.25, 0.3) is 0 Å². The molecule has 4 rings (SSSR count). The number of anilines is 3. The van der Waals surface area contributed by atoms with Gasteiger partial charge in [-0.05, 0) is 12.1 Å². The van der Waals surface area contributed by atoms with Crippen LogP contribution >= 0.6 is 0 Å². The lowest BCUT2D eigenvalue weighted by atomic mass is 10.2. The zero-order valence-electron chi connectivity index (χ0n) is 17.2. The van der Waals surface area contributed by atoms with Gasteiger partial charge in [-0.3, -0.25) is 0 Å². The van der Waals surface area contributed by atoms with E-state index in [1.165, 1.54) is 31.0 Å². The zero-order valence-corrected chi connectivity index (χ0v) is 17.2. The number of ether oxygens (including phenoxy) is 2. The van der Waals surface area contributed by atoms with E-state index in [4.69, 9.17) is 20.9 Å². The van der Waals surface area contributed by atoms with Crippen LogP contribution in [-0.4, -0.2) is 45.4 Å². The van der Waals surface area contributed by atoms with Gasteiger partial charge in [0, 0.05) is 19.8 Å². The maximum absolute atomic E-state index is 14.2. The summed E-state index contributed by atoms with van der Waals surface area (Å²) in [6, 6.07) is 7.52. The number of rotatable bonds is 7. The first-order chi connectivity index (χ1) is 15.4. The van der Waals surface area contributed by atoms with E-state index >= 15 is 0 Å². The predicted molar refractivity (Wildman–Crippen MR) is 114 cm³/mol. The molecule has 0 aliphatic heterocycles. The Morgan fingerprint density at radius 2 is 1.78 bits per heavy atom. The van der Waals surface area contributed by atoms with Gasteiger partial charge in [-0.2, -0.15) is 5.10 Å². The van der Waals surface area contributed by atoms with Gasteiger partial charge in [0.2, 0.25) is 6.41 Å². The quantitative estimate of drug-likeness (QED) is 0.368. The number of methoxy groups -OCH3 is 2. The van der Waals surface area contributed by atoms with Crippen LogP contribution in [0.4, 0.5) is 26.1 Å². The number of nitrogens with one attached hydrogen (secondary N) is 1. The van der Waals surface area contributed by atoms with Gasteiger partial charge in [0.05, 0.1) is 18.1 Å². The number of fused-ring (bicyclic) bond motifs is 1. The molecule has 1 aromatic carbocycles. The summed E-state index contributed by atoms with van der Waals surface area (Å²) < 4.78 is 39.8. The molecule has 32 heavy (non-hydrogen) atoms. The first-order valence-corrected chi connectivity index (χ1v) is 9.42. The maximum atomic E-state index is 14.2. The van der Waals surface area contributed by atoms with Crippen molar-refractivity contribution in [1.82, 2.24) is 24.7 Å². The highest BCUT2D eigenvalue weighted by Gasteiger charge is 2.21. The lowest BCUT2D eigenvalue weighted by Gasteiger charge is -2.18. The highest BCUT2D eigenvalue weighted by molar-refractivity contribution is 5.90. The minimum absolute atomic E-state index is 0.00719. The molecule has 166 valence electrons. The van der Waals surface area contributed by atoms with Gasteiger partial charge >= 0.3 is 0 Å².